The Kier molecular flexibility index (Phi) is 19.1. The van der Waals surface area contributed by atoms with Crippen LogP contribution in [0.5, 0.6) is 0 Å². The summed E-state index contributed by atoms with van der Waals surface area (Å²) in [5, 5.41) is 16.6. The van der Waals surface area contributed by atoms with Crippen molar-refractivity contribution in [2.75, 3.05) is 19.8 Å². The number of carbonyl (C=O) groups is 1. The largest absolute Gasteiger partial charge is 0.463 e. The Morgan fingerprint density at radius 3 is 2.00 bits per heavy atom. The van der Waals surface area contributed by atoms with Gasteiger partial charge >= 0.3 is 5.97 Å². The van der Waals surface area contributed by atoms with Gasteiger partial charge in [-0.15, -0.1) is 0 Å². The van der Waals surface area contributed by atoms with Crippen LogP contribution in [0.1, 0.15) is 45.4 Å². The minimum absolute atomic E-state index is 0.283. The van der Waals surface area contributed by atoms with Crippen LogP contribution in [0.4, 0.5) is 0 Å². The standard InChI is InChI=1S/C7H12O2.C6H14O2/c1-3-5-6-9-7(8)4-2;7-5-3-1-2-4-6-8/h4H,2-3,5-6H2,1H3;7-8H,1-6H2. The first kappa shape index (κ1) is 18.5. The van der Waals surface area contributed by atoms with E-state index in [0.29, 0.717) is 6.61 Å². The van der Waals surface area contributed by atoms with Crippen molar-refractivity contribution >= 4 is 5.97 Å². The zero-order valence-electron chi connectivity index (χ0n) is 10.9. The summed E-state index contributed by atoms with van der Waals surface area (Å²) >= 11 is 0. The first-order valence-electron chi connectivity index (χ1n) is 6.23. The molecule has 0 saturated heterocycles. The van der Waals surface area contributed by atoms with Crippen molar-refractivity contribution in [1.29, 1.82) is 0 Å². The Morgan fingerprint density at radius 2 is 1.65 bits per heavy atom. The van der Waals surface area contributed by atoms with E-state index in [2.05, 4.69) is 11.3 Å². The molecule has 0 aliphatic heterocycles. The van der Waals surface area contributed by atoms with Crippen molar-refractivity contribution in [2.24, 2.45) is 0 Å². The van der Waals surface area contributed by atoms with Gasteiger partial charge in [-0.1, -0.05) is 32.8 Å². The summed E-state index contributed by atoms with van der Waals surface area (Å²) < 4.78 is 4.67. The van der Waals surface area contributed by atoms with Gasteiger partial charge in [0.05, 0.1) is 6.61 Å². The van der Waals surface area contributed by atoms with Crippen molar-refractivity contribution in [3.05, 3.63) is 12.7 Å². The van der Waals surface area contributed by atoms with Gasteiger partial charge in [-0.05, 0) is 19.3 Å². The predicted molar refractivity (Wildman–Crippen MR) is 68.7 cm³/mol. The van der Waals surface area contributed by atoms with Gasteiger partial charge in [0.15, 0.2) is 0 Å². The van der Waals surface area contributed by atoms with Crippen molar-refractivity contribution in [2.45, 2.75) is 45.4 Å². The summed E-state index contributed by atoms with van der Waals surface area (Å²) in [5.41, 5.74) is 0. The summed E-state index contributed by atoms with van der Waals surface area (Å²) in [7, 11) is 0. The van der Waals surface area contributed by atoms with E-state index < -0.39 is 0 Å². The van der Waals surface area contributed by atoms with Gasteiger partial charge in [-0.3, -0.25) is 0 Å². The topological polar surface area (TPSA) is 66.8 Å². The summed E-state index contributed by atoms with van der Waals surface area (Å²) in [6.45, 7) is 6.39. The molecule has 0 rings (SSSR count). The number of unbranched alkanes of at least 4 members (excludes halogenated alkanes) is 4. The van der Waals surface area contributed by atoms with Gasteiger partial charge in [0, 0.05) is 19.3 Å². The molecule has 0 aromatic carbocycles. The quantitative estimate of drug-likeness (QED) is 0.371. The maximum atomic E-state index is 10.3. The Balaban J connectivity index is 0. The minimum atomic E-state index is -0.330. The van der Waals surface area contributed by atoms with Gasteiger partial charge in [0.2, 0.25) is 0 Å². The smallest absolute Gasteiger partial charge is 0.330 e. The van der Waals surface area contributed by atoms with Gasteiger partial charge in [-0.2, -0.15) is 0 Å². The SMILES string of the molecule is C=CC(=O)OCCCC.OCCCCCCO. The Labute approximate surface area is 104 Å². The van der Waals surface area contributed by atoms with Crippen LogP contribution in [0.25, 0.3) is 0 Å². The third-order valence-corrected chi connectivity index (χ3v) is 1.98. The second kappa shape index (κ2) is 17.5. The van der Waals surface area contributed by atoms with Gasteiger partial charge in [-0.25, -0.2) is 4.79 Å². The Hall–Kier alpha value is -0.870. The lowest BCUT2D eigenvalue weighted by Gasteiger charge is -1.97. The predicted octanol–water partition coefficient (Wildman–Crippen LogP) is 2.05. The number of carbonyl (C=O) groups excluding carboxylic acids is 1. The highest BCUT2D eigenvalue weighted by molar-refractivity contribution is 5.81. The fraction of sp³-hybridized carbons (Fsp3) is 0.769. The summed E-state index contributed by atoms with van der Waals surface area (Å²) in [6.07, 6.45) is 6.98. The second-order valence-corrected chi connectivity index (χ2v) is 3.59. The van der Waals surface area contributed by atoms with E-state index in [-0.39, 0.29) is 19.2 Å². The number of hydrogen-bond acceptors (Lipinski definition) is 4. The second-order valence-electron chi connectivity index (χ2n) is 3.59. The maximum absolute atomic E-state index is 10.3. The van der Waals surface area contributed by atoms with Gasteiger partial charge in [0.25, 0.3) is 0 Å². The molecule has 0 spiro atoms. The van der Waals surface area contributed by atoms with E-state index in [1.54, 1.807) is 0 Å². The van der Waals surface area contributed by atoms with Crippen molar-refractivity contribution in [3.8, 4) is 0 Å². The highest BCUT2D eigenvalue weighted by atomic mass is 16.5. The molecule has 4 heteroatoms. The number of rotatable bonds is 9. The highest BCUT2D eigenvalue weighted by Crippen LogP contribution is 1.96. The average Bonchev–Trinajstić information content (AvgIpc) is 2.35. The van der Waals surface area contributed by atoms with Crippen LogP contribution >= 0.6 is 0 Å². The molecule has 0 aliphatic rings. The molecule has 0 radical (unpaired) electrons. The van der Waals surface area contributed by atoms with Gasteiger partial charge < -0.3 is 14.9 Å². The van der Waals surface area contributed by atoms with Crippen LogP contribution < -0.4 is 0 Å². The molecule has 102 valence electrons. The monoisotopic (exact) mass is 246 g/mol. The first-order valence-corrected chi connectivity index (χ1v) is 6.23. The van der Waals surface area contributed by atoms with Crippen LogP contribution in [0, 0.1) is 0 Å². The number of aliphatic hydroxyl groups is 2. The van der Waals surface area contributed by atoms with Crippen molar-refractivity contribution in [3.63, 3.8) is 0 Å². The zero-order valence-corrected chi connectivity index (χ0v) is 10.9. The third kappa shape index (κ3) is 21.1. The third-order valence-electron chi connectivity index (χ3n) is 1.98. The minimum Gasteiger partial charge on any atom is -0.463 e. The first-order chi connectivity index (χ1) is 8.22. The lowest BCUT2D eigenvalue weighted by molar-refractivity contribution is -0.137. The Bertz CT molecular complexity index is 163. The van der Waals surface area contributed by atoms with E-state index in [1.807, 2.05) is 6.92 Å². The summed E-state index contributed by atoms with van der Waals surface area (Å²) in [6, 6.07) is 0. The van der Waals surface area contributed by atoms with Crippen LogP contribution in [0.3, 0.4) is 0 Å². The van der Waals surface area contributed by atoms with E-state index in [0.717, 1.165) is 38.5 Å². The summed E-state index contributed by atoms with van der Waals surface area (Å²) in [4.78, 5) is 10.3. The maximum Gasteiger partial charge on any atom is 0.330 e. The molecule has 0 aromatic rings. The summed E-state index contributed by atoms with van der Waals surface area (Å²) in [5.74, 6) is -0.330. The zero-order chi connectivity index (χ0) is 13.4. The molecule has 17 heavy (non-hydrogen) atoms. The average molecular weight is 246 g/mol. The van der Waals surface area contributed by atoms with Crippen molar-refractivity contribution < 1.29 is 19.7 Å². The van der Waals surface area contributed by atoms with Gasteiger partial charge in [0.1, 0.15) is 0 Å². The molecule has 0 bridgehead atoms. The molecule has 0 amide bonds. The van der Waals surface area contributed by atoms with Crippen LogP contribution in [0.15, 0.2) is 12.7 Å². The number of esters is 1. The number of hydrogen-bond donors (Lipinski definition) is 2. The van der Waals surface area contributed by atoms with Crippen LogP contribution in [0.2, 0.25) is 0 Å². The van der Waals surface area contributed by atoms with Crippen LogP contribution in [-0.2, 0) is 9.53 Å². The van der Waals surface area contributed by atoms with E-state index in [4.69, 9.17) is 10.2 Å². The molecule has 4 nitrogen and oxygen atoms in total. The molecule has 0 aliphatic carbocycles. The highest BCUT2D eigenvalue weighted by Gasteiger charge is 1.91. The van der Waals surface area contributed by atoms with E-state index in [9.17, 15) is 4.79 Å². The lowest BCUT2D eigenvalue weighted by Crippen LogP contribution is -2.00. The van der Waals surface area contributed by atoms with Crippen molar-refractivity contribution in [1.82, 2.24) is 0 Å². The molecular weight excluding hydrogens is 220 g/mol. The van der Waals surface area contributed by atoms with Crippen LogP contribution in [-0.4, -0.2) is 36.0 Å². The molecule has 0 fully saturated rings. The Morgan fingerprint density at radius 1 is 1.12 bits per heavy atom. The van der Waals surface area contributed by atoms with E-state index in [1.165, 1.54) is 6.08 Å². The lowest BCUT2D eigenvalue weighted by atomic mass is 10.2. The molecule has 2 N–H and O–H groups in total. The number of aliphatic hydroxyl groups excluding tert-OH is 2. The molecule has 0 aromatic heterocycles. The molecule has 0 heterocycles. The normalized spacial score (nSPS) is 9.12. The molecular formula is C13H26O4. The van der Waals surface area contributed by atoms with E-state index >= 15 is 0 Å². The fourth-order valence-electron chi connectivity index (χ4n) is 0.953. The molecule has 0 unspecified atom stereocenters. The fourth-order valence-corrected chi connectivity index (χ4v) is 0.953. The molecule has 0 atom stereocenters. The molecule has 0 saturated carbocycles. The number of ether oxygens (including phenoxy) is 1.